The second-order valence-corrected chi connectivity index (χ2v) is 30.9. The fourth-order valence-corrected chi connectivity index (χ4v) is 14.6. The Bertz CT molecular complexity index is 1970. The van der Waals surface area contributed by atoms with Crippen LogP contribution < -0.4 is 10.6 Å². The third-order valence-electron chi connectivity index (χ3n) is 21.4. The first-order valence-electron chi connectivity index (χ1n) is 38.0. The molecule has 9 fully saturated rings. The Morgan fingerprint density at radius 1 is 0.396 bits per heavy atom. The van der Waals surface area contributed by atoms with Crippen molar-refractivity contribution in [2.45, 2.75) is 391 Å². The van der Waals surface area contributed by atoms with Gasteiger partial charge < -0.3 is 123 Å². The number of quaternary nitrogens is 1. The number of nitrogens with zero attached hydrogens (tertiary/aromatic N) is 4. The zero-order valence-corrected chi connectivity index (χ0v) is 68.3. The molecule has 25 heteroatoms. The maximum absolute atomic E-state index is 11.6. The van der Waals surface area contributed by atoms with Crippen LogP contribution in [0.3, 0.4) is 0 Å². The first-order chi connectivity index (χ1) is 46.6. The molecule has 608 valence electrons. The van der Waals surface area contributed by atoms with Crippen LogP contribution in [0, 0.1) is 5.21 Å². The average Bonchev–Trinajstić information content (AvgIpc) is 0.822. The summed E-state index contributed by atoms with van der Waals surface area (Å²) in [6.45, 7) is 33.0. The topological polar surface area (TPSA) is 289 Å². The fraction of sp³-hybridized carbons (Fsp3) is 1.00. The van der Waals surface area contributed by atoms with Crippen molar-refractivity contribution in [1.29, 1.82) is 0 Å². The highest BCUT2D eigenvalue weighted by atomic mass is 16.6. The van der Waals surface area contributed by atoms with Gasteiger partial charge in [-0.05, 0) is 244 Å². The maximum atomic E-state index is 11.6. The number of methoxy groups -OCH3 is 3. The van der Waals surface area contributed by atoms with Crippen LogP contribution in [0.25, 0.3) is 0 Å². The summed E-state index contributed by atoms with van der Waals surface area (Å²) in [5, 5.41) is 74.4. The SMILES string of the molecule is C.CC1CCC(N(C)C)C(C)O1.CC1CCC(N(C)C)C(C)O1.CC1CCC(O)C(C)O1.CC1CCC([N+](C)(C)[O-])C(C)O1.CC1OCC(N(C)C)CC1O.CNC1CCC(C)OC1C.CNC1CCC(C)OC1C.COC1C(C)OC(C)C(O)C1OC.COC1C(O)C(C)OC(CO)C1O. The van der Waals surface area contributed by atoms with Gasteiger partial charge in [0.25, 0.3) is 0 Å². The van der Waals surface area contributed by atoms with Gasteiger partial charge in [0.2, 0.25) is 0 Å². The summed E-state index contributed by atoms with van der Waals surface area (Å²) in [4.78, 5) is 6.61. The fourth-order valence-electron chi connectivity index (χ4n) is 14.6. The van der Waals surface area contributed by atoms with Crippen molar-refractivity contribution < 1.29 is 92.1 Å². The Balaban J connectivity index is 0.00000111. The summed E-state index contributed by atoms with van der Waals surface area (Å²) in [6, 6.07) is 2.85. The zero-order valence-electron chi connectivity index (χ0n) is 68.3. The number of likely N-dealkylation sites (N-methyl/N-ethyl adjacent to an activating group) is 6. The molecule has 0 saturated carbocycles. The standard InChI is InChI=1S/C9H19NO2.2C9H19NO.C9H18O4.C8H17NO2.2C8H17NO.C8H16O5.C7H14O2.CH4/c1-7-5-6-9(8(2)12-7)10(3,4)11;2*1-7-5-6-9(10(3)4)8(2)11-7;1-5-7(10)9(12-4)8(11-3)6(2)13-5;1-6-8(10)4-7(5-11-6)9(2)3;2*1-6-4-5-8(9-3)7(2)10-6;1-4-6(10)8(12-2)7(11)5(3-9)13-4;1-5-3-4-7(8)6(2)9-5;/h7-9H,5-6H2,1-4H3;2*7-9H,5-6H2,1-4H3;5-10H,1-4H3;6-8,10H,4-5H2,1-3H3;2*6-9H,4-5H2,1-3H3;4-11H,3H2,1-2H3;5-8H,3-4H2,1-2H3;1H4. The number of hydroxylamine groups is 3. The Hall–Kier alpha value is -1.00. The molecule has 8 N–H and O–H groups in total. The lowest BCUT2D eigenvalue weighted by Crippen LogP contribution is -2.58. The predicted octanol–water partition coefficient (Wildman–Crippen LogP) is 7.19. The van der Waals surface area contributed by atoms with E-state index in [0.717, 1.165) is 38.7 Å². The molecular weight excluding hydrogens is 1300 g/mol. The minimum atomic E-state index is -0.985. The molecule has 25 nitrogen and oxygen atoms in total. The highest BCUT2D eigenvalue weighted by Crippen LogP contribution is 2.29. The molecule has 0 spiro atoms. The van der Waals surface area contributed by atoms with Crippen molar-refractivity contribution in [1.82, 2.24) is 25.3 Å². The predicted molar refractivity (Wildman–Crippen MR) is 403 cm³/mol. The van der Waals surface area contributed by atoms with Crippen molar-refractivity contribution in [3.8, 4) is 0 Å². The van der Waals surface area contributed by atoms with Crippen molar-refractivity contribution >= 4 is 0 Å². The number of hydrogen-bond donors (Lipinski definition) is 8. The summed E-state index contributed by atoms with van der Waals surface area (Å²) in [5.74, 6) is 0. The molecule has 31 atom stereocenters. The van der Waals surface area contributed by atoms with Gasteiger partial charge in [-0.2, -0.15) is 0 Å². The highest BCUT2D eigenvalue weighted by Gasteiger charge is 2.44. The minimum absolute atomic E-state index is 0. The highest BCUT2D eigenvalue weighted by molar-refractivity contribution is 4.93. The second kappa shape index (κ2) is 51.4. The molecule has 0 aromatic rings. The summed E-state index contributed by atoms with van der Waals surface area (Å²) < 4.78 is 64.8. The summed E-state index contributed by atoms with van der Waals surface area (Å²) in [7, 11) is 24.5. The lowest BCUT2D eigenvalue weighted by atomic mass is 9.96. The molecule has 0 bridgehead atoms. The lowest BCUT2D eigenvalue weighted by Gasteiger charge is -2.47. The van der Waals surface area contributed by atoms with E-state index < -0.39 is 36.6 Å². The van der Waals surface area contributed by atoms with Crippen LogP contribution in [-0.4, -0.2) is 344 Å². The Morgan fingerprint density at radius 2 is 0.762 bits per heavy atom. The molecule has 101 heavy (non-hydrogen) atoms. The molecule has 0 aromatic carbocycles. The minimum Gasteiger partial charge on any atom is -0.633 e. The van der Waals surface area contributed by atoms with Gasteiger partial charge in [0.1, 0.15) is 54.9 Å². The van der Waals surface area contributed by atoms with Gasteiger partial charge in [-0.25, -0.2) is 0 Å². The van der Waals surface area contributed by atoms with E-state index >= 15 is 0 Å². The van der Waals surface area contributed by atoms with E-state index in [1.807, 2.05) is 69.7 Å². The molecule has 9 aliphatic rings. The summed E-state index contributed by atoms with van der Waals surface area (Å²) in [6.07, 6.45) is 13.2. The molecule has 31 unspecified atom stereocenters. The zero-order chi connectivity index (χ0) is 76.6. The van der Waals surface area contributed by atoms with E-state index in [-0.39, 0.29) is 79.7 Å². The van der Waals surface area contributed by atoms with E-state index in [4.69, 9.17) is 61.9 Å². The number of ether oxygens (including phenoxy) is 12. The monoisotopic (exact) mass is 1460 g/mol. The number of aliphatic hydroxyl groups excluding tert-OH is 6. The van der Waals surface area contributed by atoms with Gasteiger partial charge in [0, 0.05) is 58.0 Å². The van der Waals surface area contributed by atoms with Crippen molar-refractivity contribution in [2.24, 2.45) is 0 Å². The molecular formula is C76H160N6O19. The normalized spacial score (nSPS) is 41.7. The van der Waals surface area contributed by atoms with Gasteiger partial charge in [-0.3, -0.25) is 0 Å². The summed E-state index contributed by atoms with van der Waals surface area (Å²) in [5.41, 5.74) is 0. The van der Waals surface area contributed by atoms with Gasteiger partial charge >= 0.3 is 0 Å². The molecule has 9 heterocycles. The van der Waals surface area contributed by atoms with E-state index in [1.165, 1.54) is 58.5 Å². The third-order valence-corrected chi connectivity index (χ3v) is 21.4. The van der Waals surface area contributed by atoms with Crippen LogP contribution >= 0.6 is 0 Å². The molecule has 0 aliphatic carbocycles. The molecule has 0 amide bonds. The Kier molecular flexibility index (Phi) is 50.9. The van der Waals surface area contributed by atoms with Crippen LogP contribution in [0.2, 0.25) is 0 Å². The second-order valence-electron chi connectivity index (χ2n) is 30.9. The van der Waals surface area contributed by atoms with E-state index in [1.54, 1.807) is 35.2 Å². The largest absolute Gasteiger partial charge is 0.633 e. The van der Waals surface area contributed by atoms with Crippen LogP contribution in [0.5, 0.6) is 0 Å². The van der Waals surface area contributed by atoms with Crippen LogP contribution in [0.1, 0.15) is 202 Å². The molecule has 0 radical (unpaired) electrons. The average molecular weight is 1460 g/mol. The molecule has 9 saturated heterocycles. The molecule has 0 aromatic heterocycles. The molecule has 9 aliphatic heterocycles. The van der Waals surface area contributed by atoms with Crippen molar-refractivity contribution in [3.63, 3.8) is 0 Å². The van der Waals surface area contributed by atoms with Crippen LogP contribution in [0.4, 0.5) is 0 Å². The lowest BCUT2D eigenvalue weighted by molar-refractivity contribution is -0.872. The third kappa shape index (κ3) is 36.4. The van der Waals surface area contributed by atoms with Gasteiger partial charge in [0.05, 0.1) is 131 Å². The van der Waals surface area contributed by atoms with Crippen molar-refractivity contribution in [2.75, 3.05) is 105 Å². The summed E-state index contributed by atoms with van der Waals surface area (Å²) >= 11 is 0. The van der Waals surface area contributed by atoms with Gasteiger partial charge in [-0.15, -0.1) is 0 Å². The number of nitrogens with one attached hydrogen (secondary N) is 2. The first-order valence-corrected chi connectivity index (χ1v) is 38.0. The van der Waals surface area contributed by atoms with Crippen molar-refractivity contribution in [3.05, 3.63) is 5.21 Å². The maximum Gasteiger partial charge on any atom is 0.115 e. The number of hydrogen-bond acceptors (Lipinski definition) is 24. The smallest absolute Gasteiger partial charge is 0.115 e. The number of rotatable bonds is 10. The Labute approximate surface area is 615 Å². The molecule has 9 rings (SSSR count). The van der Waals surface area contributed by atoms with E-state index in [0.29, 0.717) is 91.2 Å². The van der Waals surface area contributed by atoms with E-state index in [9.17, 15) is 30.7 Å². The van der Waals surface area contributed by atoms with E-state index in [2.05, 4.69) is 116 Å². The van der Waals surface area contributed by atoms with Crippen LogP contribution in [0.15, 0.2) is 0 Å². The van der Waals surface area contributed by atoms with Gasteiger partial charge in [-0.1, -0.05) is 7.43 Å². The Morgan fingerprint density at radius 3 is 1.09 bits per heavy atom. The quantitative estimate of drug-likeness (QED) is 0.0793. The first kappa shape index (κ1) is 100. The number of aliphatic hydroxyl groups is 6. The van der Waals surface area contributed by atoms with Gasteiger partial charge in [0.15, 0.2) is 0 Å². The van der Waals surface area contributed by atoms with Crippen LogP contribution in [-0.2, 0) is 56.8 Å².